The maximum atomic E-state index is 11.2. The van der Waals surface area contributed by atoms with Crippen molar-refractivity contribution in [3.05, 3.63) is 68.8 Å². The largest absolute Gasteiger partial charge is 0.463 e. The molecule has 6 heteroatoms. The van der Waals surface area contributed by atoms with Crippen molar-refractivity contribution >= 4 is 39.7 Å². The molecule has 2 aliphatic rings. The van der Waals surface area contributed by atoms with E-state index in [1.807, 2.05) is 0 Å². The molecule has 0 radical (unpaired) electrons. The quantitative estimate of drug-likeness (QED) is 0.367. The average Bonchev–Trinajstić information content (AvgIpc) is 3.56. The zero-order valence-corrected chi connectivity index (χ0v) is 22.9. The zero-order valence-electron chi connectivity index (χ0n) is 22.9. The maximum Gasteiger partial charge on any atom is 0.293 e. The number of carbonyl (C=O) groups excluding carboxylic acids is 1. The molecule has 0 spiro atoms. The van der Waals surface area contributed by atoms with Gasteiger partial charge in [0.2, 0.25) is 0 Å². The minimum absolute atomic E-state index is 0.182. The molecule has 1 atom stereocenters. The highest BCUT2D eigenvalue weighted by Gasteiger charge is 2.22. The second-order valence-electron chi connectivity index (χ2n) is 10.3. The van der Waals surface area contributed by atoms with Crippen LogP contribution in [0.1, 0.15) is 90.6 Å². The highest BCUT2D eigenvalue weighted by Crippen LogP contribution is 2.35. The number of ether oxygens (including phenoxy) is 1. The lowest BCUT2D eigenvalue weighted by Gasteiger charge is -2.05. The Bertz CT molecular complexity index is 1600. The molecule has 5 rings (SSSR count). The van der Waals surface area contributed by atoms with Crippen LogP contribution in [0, 0.1) is 20.8 Å². The molecule has 8 bridgehead atoms. The summed E-state index contributed by atoms with van der Waals surface area (Å²) in [5, 5.41) is 0. The summed E-state index contributed by atoms with van der Waals surface area (Å²) in [5.41, 5.74) is 16.5. The van der Waals surface area contributed by atoms with Gasteiger partial charge in [-0.05, 0) is 98.6 Å². The van der Waals surface area contributed by atoms with Crippen molar-refractivity contribution in [1.29, 1.82) is 0 Å². The Labute approximate surface area is 218 Å². The number of aromatic nitrogens is 4. The predicted octanol–water partition coefficient (Wildman–Crippen LogP) is 7.16. The third kappa shape index (κ3) is 4.18. The molecule has 5 heterocycles. The molecule has 0 fully saturated rings. The SMILES string of the molecule is CCC1=C(C)c2cc3[nH]c(cc4nc(c(COC=O)c5[nH]c(cc1n2)c(C)c5C)CC4C)c(C)c3CC. The second-order valence-corrected chi connectivity index (χ2v) is 10.3. The summed E-state index contributed by atoms with van der Waals surface area (Å²) < 4.78 is 5.30. The van der Waals surface area contributed by atoms with Gasteiger partial charge in [0.1, 0.15) is 6.61 Å². The van der Waals surface area contributed by atoms with E-state index in [0.29, 0.717) is 6.47 Å². The molecule has 2 N–H and O–H groups in total. The first-order chi connectivity index (χ1) is 17.8. The molecular formula is C31H36N4O2. The molecule has 0 saturated carbocycles. The Kier molecular flexibility index (Phi) is 6.52. The molecule has 0 aliphatic carbocycles. The number of fused-ring (bicyclic) bond motifs is 8. The lowest BCUT2D eigenvalue weighted by molar-refractivity contribution is -0.129. The molecule has 2 aliphatic heterocycles. The van der Waals surface area contributed by atoms with Crippen molar-refractivity contribution in [1.82, 2.24) is 19.9 Å². The fourth-order valence-corrected chi connectivity index (χ4v) is 5.80. The first kappa shape index (κ1) is 25.0. The molecule has 37 heavy (non-hydrogen) atoms. The van der Waals surface area contributed by atoms with Gasteiger partial charge >= 0.3 is 0 Å². The number of hydrogen-bond donors (Lipinski definition) is 2. The van der Waals surface area contributed by atoms with Gasteiger partial charge in [-0.25, -0.2) is 4.98 Å². The van der Waals surface area contributed by atoms with Gasteiger partial charge in [0.05, 0.1) is 22.6 Å². The molecule has 3 aromatic rings. The standard InChI is InChI=1S/C31H36N4O2/c1-8-21-19(6)26-11-24-16(3)10-28(32-24)23(14-37-15-36)31-18(5)17(4)25(35-31)12-29-22(9-2)20(7)27(34-29)13-30(21)33-26/h11-13,15-16,33,35H,8-10,14H2,1-7H3. The van der Waals surface area contributed by atoms with Crippen LogP contribution in [0.25, 0.3) is 33.2 Å². The van der Waals surface area contributed by atoms with Crippen LogP contribution in [-0.4, -0.2) is 26.4 Å². The zero-order chi connectivity index (χ0) is 26.4. The van der Waals surface area contributed by atoms with E-state index in [0.717, 1.165) is 80.8 Å². The van der Waals surface area contributed by atoms with Crippen LogP contribution >= 0.6 is 0 Å². The summed E-state index contributed by atoms with van der Waals surface area (Å²) in [6.07, 6.45) is 2.64. The number of aromatic amines is 2. The van der Waals surface area contributed by atoms with Gasteiger partial charge in [-0.1, -0.05) is 20.8 Å². The van der Waals surface area contributed by atoms with Crippen molar-refractivity contribution in [3.63, 3.8) is 0 Å². The maximum absolute atomic E-state index is 11.2. The van der Waals surface area contributed by atoms with Crippen LogP contribution in [0.3, 0.4) is 0 Å². The Hall–Kier alpha value is -3.67. The van der Waals surface area contributed by atoms with Crippen LogP contribution in [-0.2, 0) is 29.0 Å². The third-order valence-electron chi connectivity index (χ3n) is 8.22. The van der Waals surface area contributed by atoms with Crippen molar-refractivity contribution in [3.8, 4) is 0 Å². The van der Waals surface area contributed by atoms with Crippen molar-refractivity contribution in [2.45, 2.75) is 80.3 Å². The third-order valence-corrected chi connectivity index (χ3v) is 8.22. The van der Waals surface area contributed by atoms with E-state index >= 15 is 0 Å². The molecule has 1 unspecified atom stereocenters. The number of aryl methyl sites for hydroxylation is 4. The van der Waals surface area contributed by atoms with Gasteiger partial charge in [0.25, 0.3) is 6.47 Å². The summed E-state index contributed by atoms with van der Waals surface area (Å²) in [7, 11) is 0. The Morgan fingerprint density at radius 1 is 0.892 bits per heavy atom. The van der Waals surface area contributed by atoms with Gasteiger partial charge in [0.15, 0.2) is 0 Å². The van der Waals surface area contributed by atoms with E-state index in [2.05, 4.69) is 76.6 Å². The first-order valence-corrected chi connectivity index (χ1v) is 13.2. The van der Waals surface area contributed by atoms with E-state index in [-0.39, 0.29) is 12.5 Å². The summed E-state index contributed by atoms with van der Waals surface area (Å²) in [6, 6.07) is 6.56. The number of nitrogens with one attached hydrogen (secondary N) is 2. The van der Waals surface area contributed by atoms with E-state index in [1.54, 1.807) is 0 Å². The fraction of sp³-hybridized carbons (Fsp3) is 0.387. The topological polar surface area (TPSA) is 83.7 Å². The highest BCUT2D eigenvalue weighted by atomic mass is 16.5. The summed E-state index contributed by atoms with van der Waals surface area (Å²) in [6.45, 7) is 15.9. The monoisotopic (exact) mass is 496 g/mol. The van der Waals surface area contributed by atoms with Gasteiger partial charge in [-0.2, -0.15) is 0 Å². The second kappa shape index (κ2) is 9.66. The van der Waals surface area contributed by atoms with Crippen molar-refractivity contribution in [2.75, 3.05) is 0 Å². The lowest BCUT2D eigenvalue weighted by atomic mass is 10.0. The average molecular weight is 497 g/mol. The van der Waals surface area contributed by atoms with E-state index in [9.17, 15) is 4.79 Å². The van der Waals surface area contributed by atoms with E-state index in [4.69, 9.17) is 14.7 Å². The predicted molar refractivity (Wildman–Crippen MR) is 150 cm³/mol. The van der Waals surface area contributed by atoms with Gasteiger partial charge in [0, 0.05) is 33.7 Å². The summed E-state index contributed by atoms with van der Waals surface area (Å²) >= 11 is 0. The normalized spacial score (nSPS) is 15.4. The summed E-state index contributed by atoms with van der Waals surface area (Å²) in [4.78, 5) is 28.7. The molecule has 0 aromatic carbocycles. The van der Waals surface area contributed by atoms with Crippen molar-refractivity contribution in [2.24, 2.45) is 0 Å². The fourth-order valence-electron chi connectivity index (χ4n) is 5.80. The molecule has 192 valence electrons. The van der Waals surface area contributed by atoms with Gasteiger partial charge in [-0.3, -0.25) is 9.78 Å². The number of rotatable bonds is 5. The number of nitrogens with zero attached hydrogens (tertiary/aromatic N) is 2. The molecule has 6 nitrogen and oxygen atoms in total. The minimum atomic E-state index is 0.182. The number of allylic oxidation sites excluding steroid dienone is 2. The van der Waals surface area contributed by atoms with Crippen LogP contribution in [0.2, 0.25) is 0 Å². The molecule has 0 saturated heterocycles. The lowest BCUT2D eigenvalue weighted by Crippen LogP contribution is -1.98. The summed E-state index contributed by atoms with van der Waals surface area (Å²) in [5.74, 6) is 0.257. The number of H-pyrrole nitrogens is 2. The molecule has 3 aromatic heterocycles. The van der Waals surface area contributed by atoms with Crippen LogP contribution in [0.15, 0.2) is 18.2 Å². The Balaban J connectivity index is 1.98. The first-order valence-electron chi connectivity index (χ1n) is 13.2. The molecule has 0 amide bonds. The number of hydrogen-bond acceptors (Lipinski definition) is 4. The van der Waals surface area contributed by atoms with Crippen LogP contribution < -0.4 is 0 Å². The van der Waals surface area contributed by atoms with Gasteiger partial charge in [-0.15, -0.1) is 0 Å². The minimum Gasteiger partial charge on any atom is -0.463 e. The Morgan fingerprint density at radius 3 is 2.32 bits per heavy atom. The molecular weight excluding hydrogens is 460 g/mol. The van der Waals surface area contributed by atoms with Gasteiger partial charge < -0.3 is 14.7 Å². The van der Waals surface area contributed by atoms with E-state index < -0.39 is 0 Å². The Morgan fingerprint density at radius 2 is 1.62 bits per heavy atom. The van der Waals surface area contributed by atoms with E-state index in [1.165, 1.54) is 22.3 Å². The highest BCUT2D eigenvalue weighted by molar-refractivity contribution is 5.93. The van der Waals surface area contributed by atoms with Crippen LogP contribution in [0.4, 0.5) is 0 Å². The van der Waals surface area contributed by atoms with Crippen molar-refractivity contribution < 1.29 is 9.53 Å². The smallest absolute Gasteiger partial charge is 0.293 e. The number of carbonyl (C=O) groups is 1. The van der Waals surface area contributed by atoms with Crippen LogP contribution in [0.5, 0.6) is 0 Å².